The standard InChI is InChI=1S/C21H15NO2S/c1-14-11-12-25-19(14)13-18-21(23)24-20(22-18)17-9-7-16(8-10-17)15-5-3-2-4-6-15/h2-13H,1H3/b18-13-. The van der Waals surface area contributed by atoms with Gasteiger partial charge in [0.05, 0.1) is 0 Å². The van der Waals surface area contributed by atoms with E-state index in [1.807, 2.05) is 60.8 Å². The van der Waals surface area contributed by atoms with Gasteiger partial charge in [-0.25, -0.2) is 9.79 Å². The van der Waals surface area contributed by atoms with Crippen molar-refractivity contribution >= 4 is 29.3 Å². The van der Waals surface area contributed by atoms with Gasteiger partial charge in [-0.05, 0) is 53.3 Å². The summed E-state index contributed by atoms with van der Waals surface area (Å²) >= 11 is 1.58. The summed E-state index contributed by atoms with van der Waals surface area (Å²) in [4.78, 5) is 17.5. The van der Waals surface area contributed by atoms with Gasteiger partial charge in [0.1, 0.15) is 0 Å². The molecule has 0 aliphatic carbocycles. The fourth-order valence-corrected chi connectivity index (χ4v) is 3.48. The molecule has 0 radical (unpaired) electrons. The first kappa shape index (κ1) is 15.5. The molecular formula is C21H15NO2S. The van der Waals surface area contributed by atoms with E-state index in [1.54, 1.807) is 17.4 Å². The van der Waals surface area contributed by atoms with Crippen LogP contribution in [0.25, 0.3) is 17.2 Å². The van der Waals surface area contributed by atoms with Crippen LogP contribution in [-0.2, 0) is 9.53 Å². The number of thiophene rings is 1. The number of hydrogen-bond acceptors (Lipinski definition) is 4. The number of benzene rings is 2. The van der Waals surface area contributed by atoms with Crippen LogP contribution < -0.4 is 0 Å². The van der Waals surface area contributed by atoms with E-state index in [9.17, 15) is 4.79 Å². The molecule has 0 unspecified atom stereocenters. The molecule has 0 spiro atoms. The van der Waals surface area contributed by atoms with Crippen molar-refractivity contribution in [1.82, 2.24) is 0 Å². The lowest BCUT2D eigenvalue weighted by Crippen LogP contribution is -2.05. The summed E-state index contributed by atoms with van der Waals surface area (Å²) in [5.74, 6) is -0.0555. The molecule has 1 aromatic heterocycles. The minimum absolute atomic E-state index is 0.340. The predicted octanol–water partition coefficient (Wildman–Crippen LogP) is 5.07. The smallest absolute Gasteiger partial charge is 0.363 e. The van der Waals surface area contributed by atoms with Gasteiger partial charge in [0.2, 0.25) is 5.90 Å². The summed E-state index contributed by atoms with van der Waals surface area (Å²) in [6.07, 6.45) is 1.79. The lowest BCUT2D eigenvalue weighted by Gasteiger charge is -2.03. The number of esters is 1. The van der Waals surface area contributed by atoms with Crippen LogP contribution in [0.2, 0.25) is 0 Å². The lowest BCUT2D eigenvalue weighted by atomic mass is 10.0. The summed E-state index contributed by atoms with van der Waals surface area (Å²) in [7, 11) is 0. The van der Waals surface area contributed by atoms with Crippen molar-refractivity contribution < 1.29 is 9.53 Å². The second-order valence-corrected chi connectivity index (χ2v) is 6.69. The predicted molar refractivity (Wildman–Crippen MR) is 102 cm³/mol. The number of ether oxygens (including phenoxy) is 1. The van der Waals surface area contributed by atoms with E-state index in [4.69, 9.17) is 4.74 Å². The zero-order valence-electron chi connectivity index (χ0n) is 13.6. The van der Waals surface area contributed by atoms with Crippen LogP contribution in [0.4, 0.5) is 0 Å². The number of cyclic esters (lactones) is 1. The van der Waals surface area contributed by atoms with E-state index >= 15 is 0 Å². The van der Waals surface area contributed by atoms with Crippen LogP contribution in [0.15, 0.2) is 76.7 Å². The Balaban J connectivity index is 1.62. The van der Waals surface area contributed by atoms with Crippen LogP contribution in [0.5, 0.6) is 0 Å². The normalized spacial score (nSPS) is 15.3. The van der Waals surface area contributed by atoms with E-state index in [-0.39, 0.29) is 0 Å². The van der Waals surface area contributed by atoms with Crippen molar-refractivity contribution in [3.8, 4) is 11.1 Å². The van der Waals surface area contributed by atoms with Crippen molar-refractivity contribution in [3.63, 3.8) is 0 Å². The second kappa shape index (κ2) is 6.49. The number of rotatable bonds is 3. The molecule has 122 valence electrons. The highest BCUT2D eigenvalue weighted by Gasteiger charge is 2.24. The van der Waals surface area contributed by atoms with Crippen molar-refractivity contribution in [1.29, 1.82) is 0 Å². The van der Waals surface area contributed by atoms with Gasteiger partial charge in [-0.3, -0.25) is 0 Å². The Morgan fingerprint density at radius 3 is 2.28 bits per heavy atom. The van der Waals surface area contributed by atoms with Gasteiger partial charge in [-0.15, -0.1) is 11.3 Å². The Bertz CT molecular complexity index is 982. The molecule has 2 heterocycles. The zero-order valence-corrected chi connectivity index (χ0v) is 14.4. The van der Waals surface area contributed by atoms with Gasteiger partial charge in [-0.1, -0.05) is 42.5 Å². The fourth-order valence-electron chi connectivity index (χ4n) is 2.62. The third-order valence-corrected chi connectivity index (χ3v) is 4.99. The molecule has 0 saturated heterocycles. The van der Waals surface area contributed by atoms with Crippen molar-refractivity contribution in [2.45, 2.75) is 6.92 Å². The molecule has 25 heavy (non-hydrogen) atoms. The molecule has 4 rings (SSSR count). The molecule has 2 aromatic carbocycles. The van der Waals surface area contributed by atoms with E-state index in [0.717, 1.165) is 27.1 Å². The molecule has 0 atom stereocenters. The maximum absolute atomic E-state index is 12.1. The highest BCUT2D eigenvalue weighted by atomic mass is 32.1. The Labute approximate surface area is 149 Å². The topological polar surface area (TPSA) is 38.7 Å². The van der Waals surface area contributed by atoms with Crippen LogP contribution in [0, 0.1) is 6.92 Å². The van der Waals surface area contributed by atoms with E-state index < -0.39 is 5.97 Å². The van der Waals surface area contributed by atoms with Crippen LogP contribution in [0.3, 0.4) is 0 Å². The minimum atomic E-state index is -0.407. The van der Waals surface area contributed by atoms with Gasteiger partial charge < -0.3 is 4.74 Å². The van der Waals surface area contributed by atoms with Gasteiger partial charge in [0, 0.05) is 10.4 Å². The first-order chi connectivity index (χ1) is 12.2. The summed E-state index contributed by atoms with van der Waals surface area (Å²) in [6, 6.07) is 20.0. The van der Waals surface area contributed by atoms with Gasteiger partial charge in [-0.2, -0.15) is 0 Å². The first-order valence-corrected chi connectivity index (χ1v) is 8.81. The highest BCUT2D eigenvalue weighted by Crippen LogP contribution is 2.25. The molecule has 4 heteroatoms. The average Bonchev–Trinajstić information content (AvgIpc) is 3.22. The largest absolute Gasteiger partial charge is 0.402 e. The zero-order chi connectivity index (χ0) is 17.2. The number of aliphatic imine (C=N–C) groups is 1. The monoisotopic (exact) mass is 345 g/mol. The highest BCUT2D eigenvalue weighted by molar-refractivity contribution is 7.11. The third kappa shape index (κ3) is 3.16. The van der Waals surface area contributed by atoms with Crippen molar-refractivity contribution in [3.05, 3.63) is 87.7 Å². The van der Waals surface area contributed by atoms with Gasteiger partial charge >= 0.3 is 5.97 Å². The first-order valence-electron chi connectivity index (χ1n) is 7.93. The molecule has 0 fully saturated rings. The fraction of sp³-hybridized carbons (Fsp3) is 0.0476. The summed E-state index contributed by atoms with van der Waals surface area (Å²) in [5, 5.41) is 1.99. The Hall–Kier alpha value is -2.98. The third-order valence-electron chi connectivity index (χ3n) is 4.03. The minimum Gasteiger partial charge on any atom is -0.402 e. The molecule has 3 nitrogen and oxygen atoms in total. The van der Waals surface area contributed by atoms with E-state index in [2.05, 4.69) is 17.1 Å². The lowest BCUT2D eigenvalue weighted by molar-refractivity contribution is -0.129. The number of aryl methyl sites for hydroxylation is 1. The summed E-state index contributed by atoms with van der Waals surface area (Å²) < 4.78 is 5.34. The number of carbonyl (C=O) groups excluding carboxylic acids is 1. The molecule has 1 aliphatic heterocycles. The van der Waals surface area contributed by atoms with Crippen LogP contribution in [-0.4, -0.2) is 11.9 Å². The second-order valence-electron chi connectivity index (χ2n) is 5.75. The van der Waals surface area contributed by atoms with Crippen molar-refractivity contribution in [2.24, 2.45) is 4.99 Å². The van der Waals surface area contributed by atoms with Gasteiger partial charge in [0.25, 0.3) is 0 Å². The summed E-state index contributed by atoms with van der Waals surface area (Å²) in [6.45, 7) is 2.01. The van der Waals surface area contributed by atoms with Crippen LogP contribution in [0.1, 0.15) is 16.0 Å². The molecule has 1 aliphatic rings. The summed E-state index contributed by atoms with van der Waals surface area (Å²) in [5.41, 5.74) is 4.51. The maximum atomic E-state index is 12.1. The molecule has 3 aromatic rings. The van der Waals surface area contributed by atoms with E-state index in [1.165, 1.54) is 0 Å². The quantitative estimate of drug-likeness (QED) is 0.491. The SMILES string of the molecule is Cc1ccsc1/C=C1\N=C(c2ccc(-c3ccccc3)cc2)OC1=O. The molecule has 0 amide bonds. The molecular weight excluding hydrogens is 330 g/mol. The Morgan fingerprint density at radius 2 is 1.60 bits per heavy atom. The van der Waals surface area contributed by atoms with Crippen LogP contribution >= 0.6 is 11.3 Å². The molecule has 0 bridgehead atoms. The molecule has 0 N–H and O–H groups in total. The average molecular weight is 345 g/mol. The number of nitrogens with zero attached hydrogens (tertiary/aromatic N) is 1. The Morgan fingerprint density at radius 1 is 0.920 bits per heavy atom. The number of carbonyl (C=O) groups is 1. The Kier molecular flexibility index (Phi) is 4.04. The maximum Gasteiger partial charge on any atom is 0.363 e. The van der Waals surface area contributed by atoms with Gasteiger partial charge in [0.15, 0.2) is 5.70 Å². The number of hydrogen-bond donors (Lipinski definition) is 0. The van der Waals surface area contributed by atoms with Crippen molar-refractivity contribution in [2.75, 3.05) is 0 Å². The molecule has 0 saturated carbocycles. The van der Waals surface area contributed by atoms with E-state index in [0.29, 0.717) is 11.6 Å².